The Labute approximate surface area is 222 Å². The van der Waals surface area contributed by atoms with Crippen LogP contribution in [0, 0.1) is 5.82 Å². The van der Waals surface area contributed by atoms with Gasteiger partial charge in [0, 0.05) is 12.1 Å². The summed E-state index contributed by atoms with van der Waals surface area (Å²) in [4.78, 5) is 37.9. The Kier molecular flexibility index (Phi) is 10.1. The summed E-state index contributed by atoms with van der Waals surface area (Å²) in [5.74, 6) is -1.37. The number of hydrogen-bond donors (Lipinski definition) is 2. The molecule has 2 N–H and O–H groups in total. The molecule has 3 rings (SSSR count). The van der Waals surface area contributed by atoms with Crippen LogP contribution in [0.15, 0.2) is 78.9 Å². The average molecular weight is 521 g/mol. The maximum Gasteiger partial charge on any atom is 0.408 e. The van der Waals surface area contributed by atoms with Crippen LogP contribution in [0.5, 0.6) is 0 Å². The van der Waals surface area contributed by atoms with Gasteiger partial charge in [0.2, 0.25) is 0 Å². The van der Waals surface area contributed by atoms with E-state index >= 15 is 0 Å². The van der Waals surface area contributed by atoms with Crippen molar-refractivity contribution < 1.29 is 28.2 Å². The summed E-state index contributed by atoms with van der Waals surface area (Å²) in [5.41, 5.74) is 1.45. The largest absolute Gasteiger partial charge is 0.456 e. The van der Waals surface area contributed by atoms with Crippen molar-refractivity contribution in [2.75, 3.05) is 6.54 Å². The third-order valence-corrected chi connectivity index (χ3v) is 5.47. The van der Waals surface area contributed by atoms with Crippen LogP contribution in [-0.2, 0) is 33.8 Å². The third-order valence-electron chi connectivity index (χ3n) is 5.47. The van der Waals surface area contributed by atoms with Gasteiger partial charge in [-0.15, -0.1) is 0 Å². The Balaban J connectivity index is 1.61. The molecule has 0 heterocycles. The van der Waals surface area contributed by atoms with E-state index in [1.807, 2.05) is 60.7 Å². The fraction of sp³-hybridized carbons (Fsp3) is 0.300. The van der Waals surface area contributed by atoms with E-state index in [0.717, 1.165) is 11.1 Å². The Bertz CT molecular complexity index is 1230. The molecule has 0 fully saturated rings. The zero-order chi connectivity index (χ0) is 27.5. The number of esters is 1. The summed E-state index contributed by atoms with van der Waals surface area (Å²) in [6, 6.07) is 21.6. The normalized spacial score (nSPS) is 11.9. The van der Waals surface area contributed by atoms with Gasteiger partial charge >= 0.3 is 12.1 Å². The lowest BCUT2D eigenvalue weighted by atomic mass is 10.0. The van der Waals surface area contributed by atoms with Crippen LogP contribution in [0.2, 0.25) is 0 Å². The maximum atomic E-state index is 14.4. The predicted octanol–water partition coefficient (Wildman–Crippen LogP) is 4.98. The highest BCUT2D eigenvalue weighted by Gasteiger charge is 2.22. The maximum absolute atomic E-state index is 14.4. The first kappa shape index (κ1) is 28.5. The van der Waals surface area contributed by atoms with E-state index in [-0.39, 0.29) is 43.0 Å². The second kappa shape index (κ2) is 13.5. The number of rotatable bonds is 11. The van der Waals surface area contributed by atoms with Crippen molar-refractivity contribution in [1.82, 2.24) is 10.6 Å². The number of halogens is 1. The standard InChI is InChI=1S/C30H33FN2O5/c1-30(2,3)38-28(35)23-14-15-25(31)24(17-23)18-32-19-27(34)26(16-21-10-6-4-7-11-21)33-29(36)37-20-22-12-8-5-9-13-22/h4-15,17,26,32H,16,18-20H2,1-3H3,(H,33,36)/t26-/m1/s1. The third kappa shape index (κ3) is 9.44. The summed E-state index contributed by atoms with van der Waals surface area (Å²) < 4.78 is 25.0. The lowest BCUT2D eigenvalue weighted by Gasteiger charge is -2.20. The van der Waals surface area contributed by atoms with E-state index in [1.54, 1.807) is 20.8 Å². The molecule has 0 unspecified atom stereocenters. The minimum Gasteiger partial charge on any atom is -0.456 e. The van der Waals surface area contributed by atoms with E-state index in [0.29, 0.717) is 0 Å². The van der Waals surface area contributed by atoms with Gasteiger partial charge in [-0.3, -0.25) is 4.79 Å². The van der Waals surface area contributed by atoms with Crippen LogP contribution in [-0.4, -0.2) is 36.0 Å². The fourth-order valence-electron chi connectivity index (χ4n) is 3.62. The number of alkyl carbamates (subject to hydrolysis) is 1. The SMILES string of the molecule is CC(C)(C)OC(=O)c1ccc(F)c(CNCC(=O)[C@@H](Cc2ccccc2)NC(=O)OCc2ccccc2)c1. The molecule has 3 aromatic carbocycles. The molecule has 0 aliphatic carbocycles. The van der Waals surface area contributed by atoms with Gasteiger partial charge in [0.15, 0.2) is 5.78 Å². The lowest BCUT2D eigenvalue weighted by Crippen LogP contribution is -2.46. The molecule has 7 nitrogen and oxygen atoms in total. The van der Waals surface area contributed by atoms with Crippen molar-refractivity contribution >= 4 is 17.8 Å². The fourth-order valence-corrected chi connectivity index (χ4v) is 3.62. The Morgan fingerprint density at radius 1 is 0.895 bits per heavy atom. The minimum atomic E-state index is -0.855. The number of benzene rings is 3. The van der Waals surface area contributed by atoms with Gasteiger partial charge in [0.25, 0.3) is 0 Å². The number of carbonyl (C=O) groups excluding carboxylic acids is 3. The number of nitrogens with one attached hydrogen (secondary N) is 2. The molecule has 38 heavy (non-hydrogen) atoms. The molecule has 0 aromatic heterocycles. The summed E-state index contributed by atoms with van der Waals surface area (Å²) in [5, 5.41) is 5.58. The van der Waals surface area contributed by atoms with Crippen LogP contribution in [0.3, 0.4) is 0 Å². The number of amides is 1. The highest BCUT2D eigenvalue weighted by Crippen LogP contribution is 2.16. The molecule has 1 amide bonds. The molecule has 8 heteroatoms. The molecule has 0 saturated heterocycles. The molecule has 1 atom stereocenters. The first-order valence-electron chi connectivity index (χ1n) is 12.4. The van der Waals surface area contributed by atoms with E-state index in [9.17, 15) is 18.8 Å². The highest BCUT2D eigenvalue weighted by molar-refractivity contribution is 5.90. The van der Waals surface area contributed by atoms with Gasteiger partial charge in [-0.1, -0.05) is 60.7 Å². The molecule has 0 bridgehead atoms. The summed E-state index contributed by atoms with van der Waals surface area (Å²) in [6.45, 7) is 5.20. The van der Waals surface area contributed by atoms with E-state index in [1.165, 1.54) is 18.2 Å². The number of hydrogen-bond acceptors (Lipinski definition) is 6. The summed E-state index contributed by atoms with van der Waals surface area (Å²) >= 11 is 0. The number of carbonyl (C=O) groups is 3. The zero-order valence-electron chi connectivity index (χ0n) is 21.8. The molecule has 0 aliphatic rings. The van der Waals surface area contributed by atoms with Gasteiger partial charge < -0.3 is 20.1 Å². The number of ketones is 1. The highest BCUT2D eigenvalue weighted by atomic mass is 19.1. The second-order valence-electron chi connectivity index (χ2n) is 9.83. The van der Waals surface area contributed by atoms with E-state index in [4.69, 9.17) is 9.47 Å². The van der Waals surface area contributed by atoms with E-state index < -0.39 is 29.5 Å². The van der Waals surface area contributed by atoms with Crippen molar-refractivity contribution in [1.29, 1.82) is 0 Å². The Morgan fingerprint density at radius 2 is 1.53 bits per heavy atom. The average Bonchev–Trinajstić information content (AvgIpc) is 2.88. The van der Waals surface area contributed by atoms with Crippen molar-refractivity contribution in [3.05, 3.63) is 107 Å². The topological polar surface area (TPSA) is 93.7 Å². The van der Waals surface area contributed by atoms with Crippen LogP contribution < -0.4 is 10.6 Å². The van der Waals surface area contributed by atoms with Crippen molar-refractivity contribution in [2.45, 2.75) is 52.0 Å². The van der Waals surface area contributed by atoms with Gasteiger partial charge in [-0.25, -0.2) is 14.0 Å². The monoisotopic (exact) mass is 520 g/mol. The Hall–Kier alpha value is -4.04. The number of Topliss-reactive ketones (excluding diaryl/α,β-unsaturated/α-hetero) is 1. The predicted molar refractivity (Wildman–Crippen MR) is 142 cm³/mol. The second-order valence-corrected chi connectivity index (χ2v) is 9.83. The van der Waals surface area contributed by atoms with Crippen LogP contribution in [0.1, 0.15) is 47.8 Å². The number of ether oxygens (including phenoxy) is 2. The quantitative estimate of drug-likeness (QED) is 0.347. The molecule has 0 saturated carbocycles. The Morgan fingerprint density at radius 3 is 2.16 bits per heavy atom. The van der Waals surface area contributed by atoms with Crippen LogP contribution >= 0.6 is 0 Å². The zero-order valence-corrected chi connectivity index (χ0v) is 21.8. The molecule has 0 spiro atoms. The van der Waals surface area contributed by atoms with Gasteiger partial charge in [0.1, 0.15) is 18.0 Å². The summed E-state index contributed by atoms with van der Waals surface area (Å²) in [7, 11) is 0. The van der Waals surface area contributed by atoms with Gasteiger partial charge in [0.05, 0.1) is 18.2 Å². The molecule has 0 aliphatic heterocycles. The lowest BCUT2D eigenvalue weighted by molar-refractivity contribution is -0.120. The molecule has 3 aromatic rings. The molecule has 200 valence electrons. The first-order chi connectivity index (χ1) is 18.1. The van der Waals surface area contributed by atoms with Crippen molar-refractivity contribution in [3.63, 3.8) is 0 Å². The minimum absolute atomic E-state index is 0.00468. The van der Waals surface area contributed by atoms with Crippen molar-refractivity contribution in [3.8, 4) is 0 Å². The molecule has 0 radical (unpaired) electrons. The van der Waals surface area contributed by atoms with E-state index in [2.05, 4.69) is 10.6 Å². The van der Waals surface area contributed by atoms with Crippen molar-refractivity contribution in [2.24, 2.45) is 0 Å². The molecular weight excluding hydrogens is 487 g/mol. The summed E-state index contributed by atoms with van der Waals surface area (Å²) in [6.07, 6.45) is -0.441. The first-order valence-corrected chi connectivity index (χ1v) is 12.4. The smallest absolute Gasteiger partial charge is 0.408 e. The van der Waals surface area contributed by atoms with Gasteiger partial charge in [-0.2, -0.15) is 0 Å². The van der Waals surface area contributed by atoms with Crippen LogP contribution in [0.25, 0.3) is 0 Å². The molecular formula is C30H33FN2O5. The van der Waals surface area contributed by atoms with Crippen LogP contribution in [0.4, 0.5) is 9.18 Å². The van der Waals surface area contributed by atoms with Gasteiger partial charge in [-0.05, 0) is 56.5 Å².